The molecule has 0 saturated carbocycles. The van der Waals surface area contributed by atoms with Gasteiger partial charge in [-0.25, -0.2) is 4.98 Å². The third-order valence-electron chi connectivity index (χ3n) is 2.19. The molecule has 1 heterocycles. The first-order valence-corrected chi connectivity index (χ1v) is 5.95. The molecule has 0 amide bonds. The van der Waals surface area contributed by atoms with Gasteiger partial charge in [-0.05, 0) is 19.2 Å². The zero-order valence-corrected chi connectivity index (χ0v) is 11.4. The van der Waals surface area contributed by atoms with Crippen molar-refractivity contribution >= 4 is 23.2 Å². The highest BCUT2D eigenvalue weighted by atomic mass is 35.5. The molecule has 1 N–H and O–H groups in total. The predicted octanol–water partition coefficient (Wildman–Crippen LogP) is 1.83. The van der Waals surface area contributed by atoms with Crippen molar-refractivity contribution in [2.75, 3.05) is 27.3 Å². The summed E-state index contributed by atoms with van der Waals surface area (Å²) in [6, 6.07) is 3.36. The van der Waals surface area contributed by atoms with Gasteiger partial charge in [-0.1, -0.05) is 23.2 Å². The van der Waals surface area contributed by atoms with Crippen molar-refractivity contribution in [1.82, 2.24) is 9.88 Å². The summed E-state index contributed by atoms with van der Waals surface area (Å²) in [6.07, 6.45) is -0.525. The molecule has 0 aliphatic heterocycles. The SMILES string of the molecule is COCC(O)CN(C)Cc1nc(Cl)ccc1Cl. The lowest BCUT2D eigenvalue weighted by molar-refractivity contribution is 0.0417. The molecule has 1 aromatic heterocycles. The van der Waals surface area contributed by atoms with Gasteiger partial charge in [0.1, 0.15) is 5.15 Å². The number of ether oxygens (including phenoxy) is 1. The van der Waals surface area contributed by atoms with E-state index in [4.69, 9.17) is 27.9 Å². The van der Waals surface area contributed by atoms with Crippen LogP contribution >= 0.6 is 23.2 Å². The maximum Gasteiger partial charge on any atom is 0.129 e. The zero-order chi connectivity index (χ0) is 12.8. The minimum atomic E-state index is -0.525. The van der Waals surface area contributed by atoms with E-state index in [0.29, 0.717) is 35.6 Å². The molecular weight excluding hydrogens is 263 g/mol. The van der Waals surface area contributed by atoms with Gasteiger partial charge in [-0.15, -0.1) is 0 Å². The van der Waals surface area contributed by atoms with Crippen molar-refractivity contribution in [1.29, 1.82) is 0 Å². The second kappa shape index (κ2) is 7.13. The molecule has 0 fully saturated rings. The number of aromatic nitrogens is 1. The summed E-state index contributed by atoms with van der Waals surface area (Å²) >= 11 is 11.8. The lowest BCUT2D eigenvalue weighted by Gasteiger charge is -2.20. The molecule has 1 unspecified atom stereocenters. The van der Waals surface area contributed by atoms with Crippen LogP contribution in [-0.4, -0.2) is 48.4 Å². The minimum absolute atomic E-state index is 0.307. The Morgan fingerprint density at radius 1 is 1.47 bits per heavy atom. The first-order chi connectivity index (χ1) is 8.02. The molecule has 1 rings (SSSR count). The first-order valence-electron chi connectivity index (χ1n) is 5.19. The van der Waals surface area contributed by atoms with E-state index in [2.05, 4.69) is 4.98 Å². The van der Waals surface area contributed by atoms with Gasteiger partial charge in [0.15, 0.2) is 0 Å². The Hall–Kier alpha value is -0.390. The van der Waals surface area contributed by atoms with E-state index in [9.17, 15) is 5.11 Å². The fourth-order valence-corrected chi connectivity index (χ4v) is 1.82. The Balaban J connectivity index is 2.55. The van der Waals surface area contributed by atoms with Crippen molar-refractivity contribution in [2.45, 2.75) is 12.6 Å². The molecule has 4 nitrogen and oxygen atoms in total. The molecule has 0 saturated heterocycles. The average Bonchev–Trinajstić information content (AvgIpc) is 2.23. The van der Waals surface area contributed by atoms with Crippen molar-refractivity contribution in [3.05, 3.63) is 28.0 Å². The van der Waals surface area contributed by atoms with E-state index >= 15 is 0 Å². The average molecular weight is 279 g/mol. The van der Waals surface area contributed by atoms with Crippen LogP contribution in [0.15, 0.2) is 12.1 Å². The number of aliphatic hydroxyl groups is 1. The highest BCUT2D eigenvalue weighted by Crippen LogP contribution is 2.18. The highest BCUT2D eigenvalue weighted by molar-refractivity contribution is 6.32. The van der Waals surface area contributed by atoms with Gasteiger partial charge in [0.05, 0.1) is 23.4 Å². The molecule has 0 aliphatic rings. The lowest BCUT2D eigenvalue weighted by atomic mass is 10.3. The van der Waals surface area contributed by atoms with Gasteiger partial charge < -0.3 is 9.84 Å². The smallest absolute Gasteiger partial charge is 0.129 e. The molecule has 17 heavy (non-hydrogen) atoms. The van der Waals surface area contributed by atoms with Gasteiger partial charge in [-0.2, -0.15) is 0 Å². The Morgan fingerprint density at radius 2 is 2.18 bits per heavy atom. The molecule has 1 atom stereocenters. The number of hydrogen-bond donors (Lipinski definition) is 1. The third kappa shape index (κ3) is 5.19. The van der Waals surface area contributed by atoms with E-state index in [1.54, 1.807) is 19.2 Å². The molecule has 0 bridgehead atoms. The number of likely N-dealkylation sites (N-methyl/N-ethyl adjacent to an activating group) is 1. The number of pyridine rings is 1. The van der Waals surface area contributed by atoms with Gasteiger partial charge in [0.25, 0.3) is 0 Å². The number of rotatable bonds is 6. The van der Waals surface area contributed by atoms with Crippen molar-refractivity contribution in [3.8, 4) is 0 Å². The number of aliphatic hydroxyl groups excluding tert-OH is 1. The predicted molar refractivity (Wildman–Crippen MR) is 68.5 cm³/mol. The Kier molecular flexibility index (Phi) is 6.16. The summed E-state index contributed by atoms with van der Waals surface area (Å²) in [5, 5.41) is 10.6. The Morgan fingerprint density at radius 3 is 2.82 bits per heavy atom. The van der Waals surface area contributed by atoms with Crippen LogP contribution in [0.4, 0.5) is 0 Å². The number of hydrogen-bond acceptors (Lipinski definition) is 4. The molecule has 6 heteroatoms. The number of nitrogens with zero attached hydrogens (tertiary/aromatic N) is 2. The summed E-state index contributed by atoms with van der Waals surface area (Å²) in [5.41, 5.74) is 0.700. The summed E-state index contributed by atoms with van der Waals surface area (Å²) in [4.78, 5) is 6.06. The van der Waals surface area contributed by atoms with Crippen LogP contribution < -0.4 is 0 Å². The number of halogens is 2. The van der Waals surface area contributed by atoms with Crippen LogP contribution in [-0.2, 0) is 11.3 Å². The molecule has 0 aromatic carbocycles. The van der Waals surface area contributed by atoms with Gasteiger partial charge in [0.2, 0.25) is 0 Å². The maximum absolute atomic E-state index is 9.58. The maximum atomic E-state index is 9.58. The van der Waals surface area contributed by atoms with Crippen LogP contribution in [0.3, 0.4) is 0 Å². The third-order valence-corrected chi connectivity index (χ3v) is 2.74. The van der Waals surface area contributed by atoms with Crippen molar-refractivity contribution < 1.29 is 9.84 Å². The second-order valence-corrected chi connectivity index (χ2v) is 4.66. The largest absolute Gasteiger partial charge is 0.389 e. The Bertz CT molecular complexity index is 363. The van der Waals surface area contributed by atoms with E-state index in [0.717, 1.165) is 0 Å². The van der Waals surface area contributed by atoms with Gasteiger partial charge >= 0.3 is 0 Å². The van der Waals surface area contributed by atoms with E-state index < -0.39 is 6.10 Å². The van der Waals surface area contributed by atoms with Crippen LogP contribution in [0.5, 0.6) is 0 Å². The minimum Gasteiger partial charge on any atom is -0.389 e. The van der Waals surface area contributed by atoms with E-state index in [-0.39, 0.29) is 0 Å². The van der Waals surface area contributed by atoms with E-state index in [1.807, 2.05) is 11.9 Å². The molecule has 0 radical (unpaired) electrons. The van der Waals surface area contributed by atoms with Crippen molar-refractivity contribution in [3.63, 3.8) is 0 Å². The summed E-state index contributed by atoms with van der Waals surface area (Å²) in [5.74, 6) is 0. The molecule has 96 valence electrons. The van der Waals surface area contributed by atoms with E-state index in [1.165, 1.54) is 0 Å². The van der Waals surface area contributed by atoms with Gasteiger partial charge in [0, 0.05) is 20.2 Å². The van der Waals surface area contributed by atoms with Crippen molar-refractivity contribution in [2.24, 2.45) is 0 Å². The molecular formula is C11H16Cl2N2O2. The highest BCUT2D eigenvalue weighted by Gasteiger charge is 2.11. The zero-order valence-electron chi connectivity index (χ0n) is 9.86. The Labute approximate surface area is 111 Å². The monoisotopic (exact) mass is 278 g/mol. The van der Waals surface area contributed by atoms with Crippen LogP contribution in [0, 0.1) is 0 Å². The molecule has 0 spiro atoms. The first kappa shape index (κ1) is 14.7. The quantitative estimate of drug-likeness (QED) is 0.807. The number of methoxy groups -OCH3 is 1. The van der Waals surface area contributed by atoms with Crippen LogP contribution in [0.1, 0.15) is 5.69 Å². The fraction of sp³-hybridized carbons (Fsp3) is 0.545. The molecule has 0 aliphatic carbocycles. The summed E-state index contributed by atoms with van der Waals surface area (Å²) < 4.78 is 4.86. The summed E-state index contributed by atoms with van der Waals surface area (Å²) in [6.45, 7) is 1.32. The van der Waals surface area contributed by atoms with Crippen LogP contribution in [0.2, 0.25) is 10.2 Å². The normalized spacial score (nSPS) is 13.1. The summed E-state index contributed by atoms with van der Waals surface area (Å²) in [7, 11) is 3.43. The van der Waals surface area contributed by atoms with Crippen LogP contribution in [0.25, 0.3) is 0 Å². The van der Waals surface area contributed by atoms with Gasteiger partial charge in [-0.3, -0.25) is 4.90 Å². The molecule has 1 aromatic rings. The fourth-order valence-electron chi connectivity index (χ4n) is 1.49. The standard InChI is InChI=1S/C11H16Cl2N2O2/c1-15(5-8(16)7-17-2)6-10-9(12)3-4-11(13)14-10/h3-4,8,16H,5-7H2,1-2H3. The second-order valence-electron chi connectivity index (χ2n) is 3.87. The topological polar surface area (TPSA) is 45.6 Å². The lowest BCUT2D eigenvalue weighted by Crippen LogP contribution is -2.31.